The van der Waals surface area contributed by atoms with E-state index < -0.39 is 7.92 Å². The van der Waals surface area contributed by atoms with Gasteiger partial charge in [0.25, 0.3) is 0 Å². The Bertz CT molecular complexity index is 959. The average molecular weight is 447 g/mol. The molecule has 0 N–H and O–H groups in total. The summed E-state index contributed by atoms with van der Waals surface area (Å²) in [5.41, 5.74) is 1.54. The molecule has 4 heteroatoms. The number of carbonyl (C=O) groups excluding carboxylic acids is 1. The summed E-state index contributed by atoms with van der Waals surface area (Å²) < 4.78 is 4.54. The van der Waals surface area contributed by atoms with Crippen LogP contribution in [0.2, 0.25) is 0 Å². The highest BCUT2D eigenvalue weighted by Gasteiger charge is 2.15. The molecular formula is C27H24ClO2P. The molecule has 156 valence electrons. The van der Waals surface area contributed by atoms with Crippen molar-refractivity contribution in [2.45, 2.75) is 5.88 Å². The maximum absolute atomic E-state index is 11.0. The number of esters is 1. The minimum atomic E-state index is -0.446. The normalized spacial score (nSPS) is 10.2. The summed E-state index contributed by atoms with van der Waals surface area (Å²) in [4.78, 5) is 11.0. The van der Waals surface area contributed by atoms with Crippen LogP contribution < -0.4 is 15.9 Å². The summed E-state index contributed by atoms with van der Waals surface area (Å²) in [6.45, 7) is 0. The van der Waals surface area contributed by atoms with E-state index in [1.807, 2.05) is 0 Å². The highest BCUT2D eigenvalue weighted by Crippen LogP contribution is 2.32. The van der Waals surface area contributed by atoms with Crippen LogP contribution in [-0.4, -0.2) is 13.1 Å². The molecule has 0 radical (unpaired) electrons. The summed E-state index contributed by atoms with van der Waals surface area (Å²) in [7, 11) is 0.913. The molecule has 2 nitrogen and oxygen atoms in total. The molecule has 0 fully saturated rings. The first-order valence-corrected chi connectivity index (χ1v) is 11.8. The lowest BCUT2D eigenvalue weighted by Gasteiger charge is -2.18. The number of hydrogen-bond acceptors (Lipinski definition) is 2. The Morgan fingerprint density at radius 2 is 1.06 bits per heavy atom. The summed E-state index contributed by atoms with van der Waals surface area (Å²) in [6.07, 6.45) is 0. The van der Waals surface area contributed by atoms with E-state index in [-0.39, 0.29) is 5.97 Å². The molecule has 0 bridgehead atoms. The van der Waals surface area contributed by atoms with Crippen molar-refractivity contribution in [3.63, 3.8) is 0 Å². The number of carbonyl (C=O) groups is 1. The summed E-state index contributed by atoms with van der Waals surface area (Å²) in [5, 5.41) is 4.19. The van der Waals surface area contributed by atoms with Crippen LogP contribution in [0.1, 0.15) is 15.9 Å². The zero-order valence-electron chi connectivity index (χ0n) is 17.3. The van der Waals surface area contributed by atoms with Gasteiger partial charge in [0, 0.05) is 5.88 Å². The molecule has 0 saturated heterocycles. The van der Waals surface area contributed by atoms with E-state index in [0.717, 1.165) is 5.56 Å². The van der Waals surface area contributed by atoms with E-state index in [1.165, 1.54) is 23.0 Å². The fourth-order valence-electron chi connectivity index (χ4n) is 3.03. The molecule has 0 aliphatic carbocycles. The monoisotopic (exact) mass is 446 g/mol. The zero-order chi connectivity index (χ0) is 21.9. The molecule has 0 spiro atoms. The quantitative estimate of drug-likeness (QED) is 0.225. The molecule has 0 heterocycles. The molecule has 0 amide bonds. The third-order valence-electron chi connectivity index (χ3n) is 4.57. The van der Waals surface area contributed by atoms with E-state index in [2.05, 4.69) is 95.7 Å². The molecule has 0 saturated carbocycles. The van der Waals surface area contributed by atoms with Gasteiger partial charge in [0.2, 0.25) is 0 Å². The Balaban J connectivity index is 0.000000196. The van der Waals surface area contributed by atoms with Crippen molar-refractivity contribution in [2.75, 3.05) is 7.11 Å². The van der Waals surface area contributed by atoms with Crippen LogP contribution in [0.25, 0.3) is 0 Å². The first kappa shape index (κ1) is 22.7. The van der Waals surface area contributed by atoms with E-state index in [0.29, 0.717) is 11.4 Å². The van der Waals surface area contributed by atoms with Gasteiger partial charge in [-0.2, -0.15) is 0 Å². The van der Waals surface area contributed by atoms with Gasteiger partial charge in [0.05, 0.1) is 12.7 Å². The average Bonchev–Trinajstić information content (AvgIpc) is 2.86. The Labute approximate surface area is 190 Å². The first-order chi connectivity index (χ1) is 15.2. The Morgan fingerprint density at radius 1 is 0.677 bits per heavy atom. The number of hydrogen-bond donors (Lipinski definition) is 0. The van der Waals surface area contributed by atoms with Crippen LogP contribution in [0.4, 0.5) is 0 Å². The number of methoxy groups -OCH3 is 1. The van der Waals surface area contributed by atoms with E-state index >= 15 is 0 Å². The van der Waals surface area contributed by atoms with Crippen molar-refractivity contribution in [2.24, 2.45) is 0 Å². The fraction of sp³-hybridized carbons (Fsp3) is 0.0741. The van der Waals surface area contributed by atoms with Crippen molar-refractivity contribution in [3.05, 3.63) is 126 Å². The maximum atomic E-state index is 11.0. The Morgan fingerprint density at radius 3 is 1.39 bits per heavy atom. The lowest BCUT2D eigenvalue weighted by atomic mass is 10.1. The number of ether oxygens (including phenoxy) is 1. The van der Waals surface area contributed by atoms with Gasteiger partial charge in [-0.05, 0) is 41.5 Å². The van der Waals surface area contributed by atoms with Gasteiger partial charge in [0.1, 0.15) is 0 Å². The minimum absolute atomic E-state index is 0.323. The lowest BCUT2D eigenvalue weighted by molar-refractivity contribution is 0.0600. The second-order valence-corrected chi connectivity index (χ2v) is 9.15. The minimum Gasteiger partial charge on any atom is -0.465 e. The third-order valence-corrected chi connectivity index (χ3v) is 7.32. The number of benzene rings is 4. The van der Waals surface area contributed by atoms with Gasteiger partial charge in [-0.25, -0.2) is 4.79 Å². The van der Waals surface area contributed by atoms with Crippen LogP contribution in [-0.2, 0) is 10.6 Å². The molecule has 0 aliphatic heterocycles. The van der Waals surface area contributed by atoms with E-state index in [1.54, 1.807) is 24.3 Å². The molecule has 4 rings (SSSR count). The fourth-order valence-corrected chi connectivity index (χ4v) is 5.51. The SMILES string of the molecule is COC(=O)c1ccc(CCl)cc1.c1ccc(P(c2ccccc2)c2ccccc2)cc1. The number of rotatable bonds is 5. The van der Waals surface area contributed by atoms with Crippen LogP contribution >= 0.6 is 19.5 Å². The van der Waals surface area contributed by atoms with Crippen LogP contribution in [0.5, 0.6) is 0 Å². The maximum Gasteiger partial charge on any atom is 0.337 e. The number of halogens is 1. The van der Waals surface area contributed by atoms with Crippen molar-refractivity contribution < 1.29 is 9.53 Å². The van der Waals surface area contributed by atoms with Crippen LogP contribution in [0.15, 0.2) is 115 Å². The van der Waals surface area contributed by atoms with E-state index in [9.17, 15) is 4.79 Å². The van der Waals surface area contributed by atoms with Gasteiger partial charge < -0.3 is 4.74 Å². The van der Waals surface area contributed by atoms with E-state index in [4.69, 9.17) is 11.6 Å². The largest absolute Gasteiger partial charge is 0.465 e. The van der Waals surface area contributed by atoms with Crippen molar-refractivity contribution in [1.82, 2.24) is 0 Å². The lowest BCUT2D eigenvalue weighted by Crippen LogP contribution is -2.20. The van der Waals surface area contributed by atoms with Gasteiger partial charge in [-0.3, -0.25) is 0 Å². The molecule has 0 aromatic heterocycles. The second-order valence-electron chi connectivity index (χ2n) is 6.66. The predicted molar refractivity (Wildman–Crippen MR) is 132 cm³/mol. The Kier molecular flexibility index (Phi) is 8.84. The van der Waals surface area contributed by atoms with Gasteiger partial charge >= 0.3 is 5.97 Å². The topological polar surface area (TPSA) is 26.3 Å². The number of alkyl halides is 1. The standard InChI is InChI=1S/C18H15P.C9H9ClO2/c1-4-10-16(11-5-1)19(17-12-6-2-7-13-17)18-14-8-3-9-15-18;1-12-9(11)8-4-2-7(6-10)3-5-8/h1-15H;2-5H,6H2,1H3. The molecule has 4 aromatic carbocycles. The molecule has 0 atom stereocenters. The molecule has 31 heavy (non-hydrogen) atoms. The third kappa shape index (κ3) is 6.52. The van der Waals surface area contributed by atoms with Crippen molar-refractivity contribution in [1.29, 1.82) is 0 Å². The molecule has 0 unspecified atom stereocenters. The summed E-state index contributed by atoms with van der Waals surface area (Å²) in [6, 6.07) is 39.3. The smallest absolute Gasteiger partial charge is 0.337 e. The molecule has 0 aliphatic rings. The van der Waals surface area contributed by atoms with Crippen molar-refractivity contribution >= 4 is 41.4 Å². The molecular weight excluding hydrogens is 423 g/mol. The highest BCUT2D eigenvalue weighted by atomic mass is 35.5. The van der Waals surface area contributed by atoms with Gasteiger partial charge in [-0.1, -0.05) is 103 Å². The van der Waals surface area contributed by atoms with Gasteiger partial charge in [-0.15, -0.1) is 11.6 Å². The zero-order valence-corrected chi connectivity index (χ0v) is 19.0. The first-order valence-electron chi connectivity index (χ1n) is 9.91. The summed E-state index contributed by atoms with van der Waals surface area (Å²) >= 11 is 5.58. The molecule has 4 aromatic rings. The highest BCUT2D eigenvalue weighted by molar-refractivity contribution is 7.79. The predicted octanol–water partition coefficient (Wildman–Crippen LogP) is 5.66. The summed E-state index contributed by atoms with van der Waals surface area (Å²) in [5.74, 6) is 0.137. The van der Waals surface area contributed by atoms with Crippen LogP contribution in [0, 0.1) is 0 Å². The Hall–Kier alpha value is -2.93. The van der Waals surface area contributed by atoms with Crippen LogP contribution in [0.3, 0.4) is 0 Å². The second kappa shape index (κ2) is 12.1. The van der Waals surface area contributed by atoms with Gasteiger partial charge in [0.15, 0.2) is 0 Å². The van der Waals surface area contributed by atoms with Crippen molar-refractivity contribution in [3.8, 4) is 0 Å².